The lowest BCUT2D eigenvalue weighted by molar-refractivity contribution is -0.122. The van der Waals surface area contributed by atoms with E-state index in [0.29, 0.717) is 26.2 Å². The number of nitrogens with zero attached hydrogens (tertiary/aromatic N) is 1. The summed E-state index contributed by atoms with van der Waals surface area (Å²) in [5, 5.41) is 2.88. The second-order valence-electron chi connectivity index (χ2n) is 6.59. The summed E-state index contributed by atoms with van der Waals surface area (Å²) < 4.78 is 5.74. The van der Waals surface area contributed by atoms with Gasteiger partial charge in [0.2, 0.25) is 0 Å². The zero-order chi connectivity index (χ0) is 19.7. The Morgan fingerprint density at radius 2 is 2.00 bits per heavy atom. The average Bonchev–Trinajstić information content (AvgIpc) is 3.48. The highest BCUT2D eigenvalue weighted by molar-refractivity contribution is 8.26. The lowest BCUT2D eigenvalue weighted by Gasteiger charge is -2.12. The molecular weight excluding hydrogens is 392 g/mol. The van der Waals surface area contributed by atoms with Gasteiger partial charge in [-0.15, -0.1) is 0 Å². The lowest BCUT2D eigenvalue weighted by Crippen LogP contribution is -2.30. The summed E-state index contributed by atoms with van der Waals surface area (Å²) in [6.07, 6.45) is 3.86. The molecule has 1 heterocycles. The second-order valence-corrected chi connectivity index (χ2v) is 8.27. The van der Waals surface area contributed by atoms with Crippen molar-refractivity contribution in [3.8, 4) is 5.75 Å². The molecule has 1 N–H and O–H groups in total. The van der Waals surface area contributed by atoms with Crippen molar-refractivity contribution >= 4 is 51.9 Å². The van der Waals surface area contributed by atoms with Crippen molar-refractivity contribution < 1.29 is 14.3 Å². The fraction of sp³-hybridized carbons (Fsp3) is 0.190. The lowest BCUT2D eigenvalue weighted by atomic mass is 10.1. The highest BCUT2D eigenvalue weighted by Crippen LogP contribution is 2.40. The molecule has 28 heavy (non-hydrogen) atoms. The molecule has 4 rings (SSSR count). The molecule has 2 aliphatic rings. The van der Waals surface area contributed by atoms with Gasteiger partial charge in [0.05, 0.1) is 12.0 Å². The van der Waals surface area contributed by atoms with Crippen LogP contribution in [0.15, 0.2) is 53.4 Å². The number of methoxy groups -OCH3 is 1. The Labute approximate surface area is 172 Å². The van der Waals surface area contributed by atoms with Crippen molar-refractivity contribution in [1.82, 2.24) is 4.90 Å². The summed E-state index contributed by atoms with van der Waals surface area (Å²) in [6, 6.07) is 14.6. The van der Waals surface area contributed by atoms with Gasteiger partial charge in [0.1, 0.15) is 10.1 Å². The highest BCUT2D eigenvalue weighted by Gasteiger charge is 2.41. The van der Waals surface area contributed by atoms with Gasteiger partial charge in [-0.3, -0.25) is 14.5 Å². The number of carbonyl (C=O) groups is 2. The number of carbonyl (C=O) groups excluding carboxylic acids is 2. The summed E-state index contributed by atoms with van der Waals surface area (Å²) in [7, 11) is 1.58. The van der Waals surface area contributed by atoms with E-state index in [2.05, 4.69) is 5.32 Å². The number of anilines is 1. The van der Waals surface area contributed by atoms with E-state index in [1.807, 2.05) is 30.3 Å². The van der Waals surface area contributed by atoms with Gasteiger partial charge in [-0.1, -0.05) is 36.1 Å². The Kier molecular flexibility index (Phi) is 5.19. The van der Waals surface area contributed by atoms with Crippen LogP contribution in [0.5, 0.6) is 5.75 Å². The molecule has 1 saturated heterocycles. The Balaban J connectivity index is 1.49. The molecule has 1 aliphatic heterocycles. The Morgan fingerprint density at radius 1 is 1.25 bits per heavy atom. The summed E-state index contributed by atoms with van der Waals surface area (Å²) in [5.41, 5.74) is 2.03. The summed E-state index contributed by atoms with van der Waals surface area (Å²) >= 11 is 6.68. The Bertz CT molecular complexity index is 981. The van der Waals surface area contributed by atoms with E-state index in [9.17, 15) is 9.59 Å². The van der Waals surface area contributed by atoms with Crippen LogP contribution in [0.3, 0.4) is 0 Å². The molecule has 1 saturated carbocycles. The maximum absolute atomic E-state index is 12.6. The van der Waals surface area contributed by atoms with Gasteiger partial charge in [-0.2, -0.15) is 0 Å². The van der Waals surface area contributed by atoms with Crippen molar-refractivity contribution in [3.63, 3.8) is 0 Å². The first-order chi connectivity index (χ1) is 13.5. The quantitative estimate of drug-likeness (QED) is 0.588. The molecule has 2 aromatic rings. The minimum atomic E-state index is -0.208. The zero-order valence-electron chi connectivity index (χ0n) is 15.2. The number of hydrogen-bond donors (Lipinski definition) is 1. The van der Waals surface area contributed by atoms with Gasteiger partial charge in [0.15, 0.2) is 0 Å². The minimum absolute atomic E-state index is 0.0230. The maximum atomic E-state index is 12.6. The third-order valence-electron chi connectivity index (χ3n) is 4.53. The summed E-state index contributed by atoms with van der Waals surface area (Å²) in [4.78, 5) is 27.4. The van der Waals surface area contributed by atoms with Crippen LogP contribution in [-0.2, 0) is 4.79 Å². The van der Waals surface area contributed by atoms with E-state index in [1.165, 1.54) is 11.8 Å². The van der Waals surface area contributed by atoms with Gasteiger partial charge in [0.25, 0.3) is 11.8 Å². The van der Waals surface area contributed by atoms with Gasteiger partial charge in [-0.05, 0) is 60.9 Å². The summed E-state index contributed by atoms with van der Waals surface area (Å²) in [5.74, 6) is 0.465. The zero-order valence-corrected chi connectivity index (χ0v) is 16.8. The smallest absolute Gasteiger partial charge is 0.266 e. The monoisotopic (exact) mass is 410 g/mol. The first-order valence-corrected chi connectivity index (χ1v) is 10.1. The molecule has 1 aliphatic carbocycles. The Morgan fingerprint density at radius 3 is 2.68 bits per heavy atom. The molecule has 2 aromatic carbocycles. The molecule has 0 spiro atoms. The number of thiocarbonyl (C=S) groups is 1. The number of rotatable bonds is 5. The van der Waals surface area contributed by atoms with E-state index in [1.54, 1.807) is 36.3 Å². The molecule has 2 amide bonds. The van der Waals surface area contributed by atoms with Crippen LogP contribution in [0.4, 0.5) is 5.69 Å². The van der Waals surface area contributed by atoms with Gasteiger partial charge in [-0.25, -0.2) is 0 Å². The number of ether oxygens (including phenoxy) is 1. The van der Waals surface area contributed by atoms with Crippen LogP contribution < -0.4 is 10.1 Å². The minimum Gasteiger partial charge on any atom is -0.497 e. The topological polar surface area (TPSA) is 58.6 Å². The molecule has 0 atom stereocenters. The van der Waals surface area contributed by atoms with Crippen molar-refractivity contribution in [1.29, 1.82) is 0 Å². The first kappa shape index (κ1) is 18.7. The highest BCUT2D eigenvalue weighted by atomic mass is 32.2. The molecule has 142 valence electrons. The van der Waals surface area contributed by atoms with Crippen LogP contribution in [0.1, 0.15) is 28.8 Å². The first-order valence-electron chi connectivity index (χ1n) is 8.87. The van der Waals surface area contributed by atoms with E-state index in [0.717, 1.165) is 18.4 Å². The second kappa shape index (κ2) is 7.77. The molecule has 7 heteroatoms. The summed E-state index contributed by atoms with van der Waals surface area (Å²) in [6.45, 7) is 0. The van der Waals surface area contributed by atoms with E-state index in [-0.39, 0.29) is 17.9 Å². The predicted molar refractivity (Wildman–Crippen MR) is 115 cm³/mol. The standard InChI is InChI=1S/C21H18N2O3S2/c1-26-17-9-5-14(6-10-17)19(24)22-15-4-2-3-13(11-15)12-18-20(25)23(16-7-8-16)21(27)28-18/h2-6,9-12,16H,7-8H2,1H3,(H,22,24). The van der Waals surface area contributed by atoms with E-state index >= 15 is 0 Å². The van der Waals surface area contributed by atoms with Crippen molar-refractivity contribution in [2.75, 3.05) is 12.4 Å². The molecule has 5 nitrogen and oxygen atoms in total. The Hall–Kier alpha value is -2.64. The number of nitrogens with one attached hydrogen (secondary N) is 1. The number of benzene rings is 2. The molecule has 0 aromatic heterocycles. The van der Waals surface area contributed by atoms with Crippen LogP contribution in [0.2, 0.25) is 0 Å². The van der Waals surface area contributed by atoms with E-state index in [4.69, 9.17) is 17.0 Å². The fourth-order valence-corrected chi connectivity index (χ4v) is 4.33. The molecule has 0 radical (unpaired) electrons. The van der Waals surface area contributed by atoms with Crippen LogP contribution in [-0.4, -0.2) is 34.2 Å². The normalized spacial score (nSPS) is 17.9. The van der Waals surface area contributed by atoms with Crippen molar-refractivity contribution in [2.24, 2.45) is 0 Å². The van der Waals surface area contributed by atoms with Crippen LogP contribution in [0, 0.1) is 0 Å². The third kappa shape index (κ3) is 3.95. The van der Waals surface area contributed by atoms with Gasteiger partial charge < -0.3 is 10.1 Å². The maximum Gasteiger partial charge on any atom is 0.266 e. The predicted octanol–water partition coefficient (Wildman–Crippen LogP) is 4.31. The molecule has 0 bridgehead atoms. The van der Waals surface area contributed by atoms with Gasteiger partial charge >= 0.3 is 0 Å². The number of hydrogen-bond acceptors (Lipinski definition) is 5. The van der Waals surface area contributed by atoms with Crippen LogP contribution >= 0.6 is 24.0 Å². The van der Waals surface area contributed by atoms with Crippen molar-refractivity contribution in [2.45, 2.75) is 18.9 Å². The fourth-order valence-electron chi connectivity index (χ4n) is 2.93. The van der Waals surface area contributed by atoms with Crippen LogP contribution in [0.25, 0.3) is 6.08 Å². The molecule has 2 fully saturated rings. The van der Waals surface area contributed by atoms with Crippen molar-refractivity contribution in [3.05, 3.63) is 64.6 Å². The van der Waals surface area contributed by atoms with E-state index < -0.39 is 0 Å². The largest absolute Gasteiger partial charge is 0.497 e. The van der Waals surface area contributed by atoms with Gasteiger partial charge in [0, 0.05) is 17.3 Å². The third-order valence-corrected chi connectivity index (χ3v) is 5.86. The number of thioether (sulfide) groups is 1. The molecular formula is C21H18N2O3S2. The SMILES string of the molecule is COc1ccc(C(=O)Nc2cccc(C=C3SC(=S)N(C4CC4)C3=O)c2)cc1. The number of amides is 2. The average molecular weight is 411 g/mol. The molecule has 0 unspecified atom stereocenters.